The molecule has 18 atom stereocenters. The quantitative estimate of drug-likeness (QED) is 0.0351. The van der Waals surface area contributed by atoms with Gasteiger partial charge in [-0.3, -0.25) is 33.6 Å². The number of benzene rings is 5. The molecule has 0 aliphatic carbocycles. The Balaban J connectivity index is 1.18. The Labute approximate surface area is 676 Å². The average Bonchev–Trinajstić information content (AvgIpc) is 0.775. The van der Waals surface area contributed by atoms with Gasteiger partial charge in [0.25, 0.3) is 0 Å². The molecule has 23 N–H and O–H groups in total. The molecule has 115 heavy (non-hydrogen) atoms. The fraction of sp³-hybridized carbons (Fsp3) is 0.513. The molecule has 7 aliphatic heterocycles. The molecule has 0 spiro atoms. The van der Waals surface area contributed by atoms with Crippen LogP contribution in [0.2, 0.25) is 10.0 Å². The first kappa shape index (κ1) is 88.5. The lowest BCUT2D eigenvalue weighted by atomic mass is 9.86. The predicted octanol–water partition coefficient (Wildman–Crippen LogP) is 3.65. The third kappa shape index (κ3) is 20.9. The number of likely N-dealkylation sites (N-methyl/N-ethyl adjacent to an activating group) is 1. The SMILES string of the molecule is CCCCCCCCCSCCNCc1c(O)cc2c(c1O)-c1cc(ccc1O)[C@H]1NC(=O)[C@@H]3NC(=O)[C@H](CC(N)=O)NC(=O)[C@H](NC(=O)[C@@H](CC(C)C)NC)[C@H](O)c4ccc(c(Cl)c4)Oc4cc3cc(c4O[C@@H]3O[C@H](CN)[C@@H](O)[C@H](O)[C@H]3O[C@H]3C[C@](C)(N)[C@H](O)[C@H](C)O3)Oc3ccc(cc3Cl)[C@@H](O)[C@H](NC1=O)C(=O)N[C@@H]2C(=O)O. The number of unbranched alkanes of at least 4 members (excludes halogenated alkanes) is 6. The topological polar surface area (TPSA) is 548 Å². The number of thioether (sulfide) groups is 1. The summed E-state index contributed by atoms with van der Waals surface area (Å²) >= 11 is 16.0. The predicted molar refractivity (Wildman–Crippen MR) is 418 cm³/mol. The van der Waals surface area contributed by atoms with Gasteiger partial charge in [-0.05, 0) is 122 Å². The van der Waals surface area contributed by atoms with E-state index in [0.29, 0.717) is 12.3 Å². The van der Waals surface area contributed by atoms with E-state index in [-0.39, 0.29) is 64.1 Å². The number of carbonyl (C=O) groups excluding carboxylic acids is 7. The first-order chi connectivity index (χ1) is 54.6. The highest BCUT2D eigenvalue weighted by Gasteiger charge is 2.52. The molecule has 34 nitrogen and oxygen atoms in total. The van der Waals surface area contributed by atoms with Crippen LogP contribution in [0.1, 0.15) is 163 Å². The summed E-state index contributed by atoms with van der Waals surface area (Å²) in [6.45, 7) is 8.50. The summed E-state index contributed by atoms with van der Waals surface area (Å²) in [6, 6.07) is -0.981. The molecule has 11 bridgehead atoms. The molecule has 0 aromatic heterocycles. The third-order valence-electron chi connectivity index (χ3n) is 20.7. The number of ether oxygens (including phenoxy) is 6. The van der Waals surface area contributed by atoms with Gasteiger partial charge in [0.15, 0.2) is 29.9 Å². The number of rotatable bonds is 26. The van der Waals surface area contributed by atoms with Gasteiger partial charge in [0.2, 0.25) is 53.4 Å². The zero-order chi connectivity index (χ0) is 83.6. The van der Waals surface area contributed by atoms with Gasteiger partial charge in [-0.2, -0.15) is 11.8 Å². The Morgan fingerprint density at radius 3 is 1.94 bits per heavy atom. The molecular formula is C78H101Cl2N11O23S. The van der Waals surface area contributed by atoms with Gasteiger partial charge in [-0.1, -0.05) is 101 Å². The second-order valence-corrected chi connectivity index (χ2v) is 32.0. The number of amides is 7. The van der Waals surface area contributed by atoms with Gasteiger partial charge in [0.1, 0.15) is 89.5 Å². The van der Waals surface area contributed by atoms with E-state index >= 15 is 19.2 Å². The van der Waals surface area contributed by atoms with Crippen molar-refractivity contribution in [3.8, 4) is 57.1 Å². The van der Waals surface area contributed by atoms with Crippen molar-refractivity contribution < 1.29 is 113 Å². The maximum atomic E-state index is 16.3. The average molecular weight is 1660 g/mol. The number of nitrogens with one attached hydrogen (secondary N) is 8. The molecule has 0 unspecified atom stereocenters. The van der Waals surface area contributed by atoms with Crippen LogP contribution in [0.4, 0.5) is 0 Å². The molecule has 5 aromatic rings. The fourth-order valence-corrected chi connectivity index (χ4v) is 15.8. The number of aliphatic hydroxyl groups excluding tert-OH is 5. The second kappa shape index (κ2) is 38.9. The number of hydrogen-bond acceptors (Lipinski definition) is 27. The molecular weight excluding hydrogens is 1560 g/mol. The van der Waals surface area contributed by atoms with Crippen LogP contribution in [0.5, 0.6) is 46.0 Å². The first-order valence-corrected chi connectivity index (χ1v) is 39.9. The van der Waals surface area contributed by atoms with E-state index in [1.807, 2.05) is 13.8 Å². The van der Waals surface area contributed by atoms with Crippen molar-refractivity contribution in [3.05, 3.63) is 116 Å². The minimum atomic E-state index is -2.34. The molecule has 7 aliphatic rings. The number of nitrogens with two attached hydrogens (primary N) is 3. The van der Waals surface area contributed by atoms with Crippen molar-refractivity contribution >= 4 is 82.3 Å². The van der Waals surface area contributed by atoms with E-state index in [1.54, 1.807) is 11.8 Å². The summed E-state index contributed by atoms with van der Waals surface area (Å²) < 4.78 is 38.9. The number of aliphatic carboxylic acids is 1. The highest BCUT2D eigenvalue weighted by Crippen LogP contribution is 2.51. The number of carboxylic acids is 1. The number of aromatic hydroxyl groups is 3. The van der Waals surface area contributed by atoms with E-state index < -0.39 is 231 Å². The molecule has 5 aromatic carbocycles. The molecule has 0 saturated carbocycles. The van der Waals surface area contributed by atoms with Crippen molar-refractivity contribution in [1.82, 2.24) is 42.5 Å². The standard InChI is InChI=1S/C78H101Cl2N11O23S/c1-7-8-9-10-11-12-13-21-115-22-20-85-33-42-48(93)29-41-56(64(42)97)40-24-36(14-17-47(40)92)57-72(103)91-61(75(106)89-59(41)76(107)108)63(96)38-16-19-50(44(80)26-38)111-52-28-39-27-51(67(52)114-77-68(66(99)65(98)53(32-81)112-77)113-55-31-78(5,83)69(100)35(4)109-55)110-49-18-15-37(25-43(49)79)62(95)60(90-70(101)45(84-6)23-34(2)3)74(105)86-46(30-54(82)94)71(102)87-58(39)73(104)88-57/h14-19,24-29,34-35,45-46,53,55,57-63,65-66,68-69,77,84-85,92-93,95-100H,7-13,20-23,30-33,81,83H2,1-6H3,(H2,82,94)(H,86,105)(H,87,102)(H,88,104)(H,89,106)(H,90,101)(H,91,103)(H,107,108)/t35-,45+,46-,53+,55-,57+,58+,59-,60+,61-,62+,63+,65+,66-,68+,69+,77-,78-/m0/s1. The third-order valence-corrected chi connectivity index (χ3v) is 22.4. The Morgan fingerprint density at radius 1 is 0.713 bits per heavy atom. The number of aliphatic hydroxyl groups is 5. The smallest absolute Gasteiger partial charge is 0.330 e. The highest BCUT2D eigenvalue weighted by molar-refractivity contribution is 7.99. The number of halogens is 2. The normalized spacial score (nSPS) is 27.3. The molecule has 0 radical (unpaired) electrons. The number of carbonyl (C=O) groups is 8. The molecule has 2 fully saturated rings. The summed E-state index contributed by atoms with van der Waals surface area (Å²) in [4.78, 5) is 119. The van der Waals surface area contributed by atoms with Crippen molar-refractivity contribution in [2.24, 2.45) is 23.1 Å². The van der Waals surface area contributed by atoms with Crippen LogP contribution in [0.15, 0.2) is 72.8 Å². The van der Waals surface area contributed by atoms with Gasteiger partial charge in [-0.15, -0.1) is 0 Å². The lowest BCUT2D eigenvalue weighted by Crippen LogP contribution is -2.65. The van der Waals surface area contributed by atoms with Crippen LogP contribution < -0.4 is 73.9 Å². The van der Waals surface area contributed by atoms with Gasteiger partial charge in [-0.25, -0.2) is 4.79 Å². The lowest BCUT2D eigenvalue weighted by molar-refractivity contribution is -0.330. The summed E-state index contributed by atoms with van der Waals surface area (Å²) in [6.07, 6.45) is -10.0. The second-order valence-electron chi connectivity index (χ2n) is 29.9. The number of fused-ring (bicyclic) bond motifs is 15. The Kier molecular flexibility index (Phi) is 29.9. The van der Waals surface area contributed by atoms with Gasteiger partial charge in [0.05, 0.1) is 40.3 Å². The van der Waals surface area contributed by atoms with Gasteiger partial charge in [0, 0.05) is 54.0 Å². The van der Waals surface area contributed by atoms with E-state index in [2.05, 4.69) is 49.5 Å². The monoisotopic (exact) mass is 1660 g/mol. The van der Waals surface area contributed by atoms with Crippen LogP contribution in [-0.2, 0) is 59.1 Å². The lowest BCUT2D eigenvalue weighted by Gasteiger charge is -2.47. The van der Waals surface area contributed by atoms with E-state index in [0.717, 1.165) is 92.5 Å². The summed E-state index contributed by atoms with van der Waals surface area (Å²) in [7, 11) is 1.48. The van der Waals surface area contributed by atoms with E-state index in [4.69, 9.17) is 68.8 Å². The Hall–Kier alpha value is -8.89. The van der Waals surface area contributed by atoms with Crippen molar-refractivity contribution in [1.29, 1.82) is 0 Å². The van der Waals surface area contributed by atoms with Crippen molar-refractivity contribution in [3.63, 3.8) is 0 Å². The number of hydrogen-bond donors (Lipinski definition) is 20. The first-order valence-electron chi connectivity index (χ1n) is 38.0. The van der Waals surface area contributed by atoms with Crippen LogP contribution in [-0.4, -0.2) is 204 Å². The van der Waals surface area contributed by atoms with E-state index in [9.17, 15) is 65.1 Å². The van der Waals surface area contributed by atoms with Crippen LogP contribution >= 0.6 is 35.0 Å². The van der Waals surface area contributed by atoms with Crippen molar-refractivity contribution in [2.45, 2.75) is 215 Å². The Morgan fingerprint density at radius 2 is 1.33 bits per heavy atom. The number of primary amides is 1. The van der Waals surface area contributed by atoms with Crippen LogP contribution in [0, 0.1) is 5.92 Å². The molecule has 2 saturated heterocycles. The maximum absolute atomic E-state index is 16.3. The zero-order valence-electron chi connectivity index (χ0n) is 64.1. The zero-order valence-corrected chi connectivity index (χ0v) is 66.4. The van der Waals surface area contributed by atoms with Crippen molar-refractivity contribution in [2.75, 3.05) is 31.6 Å². The number of phenols is 3. The minimum Gasteiger partial charge on any atom is -0.507 e. The number of phenolic OH excluding ortho intramolecular Hbond substituents is 3. The molecule has 37 heteroatoms. The van der Waals surface area contributed by atoms with E-state index in [1.165, 1.54) is 51.9 Å². The van der Waals surface area contributed by atoms with Gasteiger partial charge >= 0.3 is 5.97 Å². The number of carboxylic acid groups (broad SMARTS) is 1. The minimum absolute atomic E-state index is 0.0976. The maximum Gasteiger partial charge on any atom is 0.330 e. The summed E-state index contributed by atoms with van der Waals surface area (Å²) in [5, 5.41) is 127. The van der Waals surface area contributed by atoms with Gasteiger partial charge < -0.3 is 134 Å². The van der Waals surface area contributed by atoms with Crippen LogP contribution in [0.25, 0.3) is 11.1 Å². The molecule has 7 amide bonds. The Bertz CT molecular complexity index is 4400. The summed E-state index contributed by atoms with van der Waals surface area (Å²) in [5.41, 5.74) is 14.2. The molecule has 7 heterocycles. The highest BCUT2D eigenvalue weighted by atomic mass is 35.5. The molecule has 12 rings (SSSR count). The fourth-order valence-electron chi connectivity index (χ4n) is 14.4. The van der Waals surface area contributed by atoms with Crippen LogP contribution in [0.3, 0.4) is 0 Å². The largest absolute Gasteiger partial charge is 0.507 e. The summed E-state index contributed by atoms with van der Waals surface area (Å²) in [5.74, 6) is -14.1. The molecule has 626 valence electrons.